The molecular weight excluding hydrogens is 450 g/mol. The molecule has 0 amide bonds. The highest BCUT2D eigenvalue weighted by Crippen LogP contribution is 2.30. The molecular formula is C31H37NO4. The first-order valence-electron chi connectivity index (χ1n) is 12.7. The van der Waals surface area contributed by atoms with Gasteiger partial charge in [-0.25, -0.2) is 0 Å². The molecule has 3 aromatic carbocycles. The van der Waals surface area contributed by atoms with Crippen LogP contribution in [0, 0.1) is 5.92 Å². The van der Waals surface area contributed by atoms with Crippen molar-refractivity contribution in [2.45, 2.75) is 38.6 Å². The van der Waals surface area contributed by atoms with Gasteiger partial charge in [0.25, 0.3) is 0 Å². The summed E-state index contributed by atoms with van der Waals surface area (Å²) >= 11 is 0. The van der Waals surface area contributed by atoms with Crippen molar-refractivity contribution in [3.63, 3.8) is 0 Å². The van der Waals surface area contributed by atoms with Gasteiger partial charge >= 0.3 is 0 Å². The van der Waals surface area contributed by atoms with E-state index in [9.17, 15) is 4.79 Å². The molecule has 0 saturated carbocycles. The molecule has 4 rings (SSSR count). The number of hydrogen-bond donors (Lipinski definition) is 0. The number of Topliss-reactive ketones (excluding diaryl/α,β-unsaturated/α-hetero) is 1. The number of likely N-dealkylation sites (tertiary alicyclic amines) is 1. The number of ketones is 1. The Morgan fingerprint density at radius 1 is 0.944 bits per heavy atom. The maximum Gasteiger partial charge on any atom is 0.170 e. The topological polar surface area (TPSA) is 48.0 Å². The van der Waals surface area contributed by atoms with Crippen LogP contribution in [0.5, 0.6) is 17.2 Å². The molecule has 1 heterocycles. The van der Waals surface area contributed by atoms with E-state index >= 15 is 0 Å². The summed E-state index contributed by atoms with van der Waals surface area (Å²) in [4.78, 5) is 16.3. The predicted molar refractivity (Wildman–Crippen MR) is 144 cm³/mol. The molecule has 0 radical (unpaired) electrons. The average Bonchev–Trinajstić information content (AvgIpc) is 3.36. The van der Waals surface area contributed by atoms with Gasteiger partial charge in [-0.15, -0.1) is 0 Å². The molecule has 0 N–H and O–H groups in total. The fraction of sp³-hybridized carbons (Fsp3) is 0.387. The summed E-state index contributed by atoms with van der Waals surface area (Å²) in [7, 11) is 3.29. The Labute approximate surface area is 215 Å². The van der Waals surface area contributed by atoms with E-state index in [1.807, 2.05) is 72.8 Å². The van der Waals surface area contributed by atoms with Crippen molar-refractivity contribution in [2.24, 2.45) is 5.92 Å². The van der Waals surface area contributed by atoms with Crippen molar-refractivity contribution in [1.82, 2.24) is 4.90 Å². The Bertz CT molecular complexity index is 1140. The maximum atomic E-state index is 13.8. The summed E-state index contributed by atoms with van der Waals surface area (Å²) < 4.78 is 16.9. The number of benzene rings is 3. The fourth-order valence-electron chi connectivity index (χ4n) is 4.86. The Morgan fingerprint density at radius 2 is 1.64 bits per heavy atom. The van der Waals surface area contributed by atoms with Crippen LogP contribution in [0.15, 0.2) is 72.8 Å². The smallest absolute Gasteiger partial charge is 0.170 e. The van der Waals surface area contributed by atoms with E-state index in [2.05, 4.69) is 18.7 Å². The highest BCUT2D eigenvalue weighted by atomic mass is 16.5. The van der Waals surface area contributed by atoms with Crippen LogP contribution < -0.4 is 14.2 Å². The first-order chi connectivity index (χ1) is 17.5. The van der Waals surface area contributed by atoms with E-state index in [0.29, 0.717) is 24.6 Å². The van der Waals surface area contributed by atoms with Crippen molar-refractivity contribution in [3.8, 4) is 17.2 Å². The van der Waals surface area contributed by atoms with Crippen molar-refractivity contribution in [1.29, 1.82) is 0 Å². The van der Waals surface area contributed by atoms with Crippen LogP contribution in [-0.2, 0) is 6.42 Å². The lowest BCUT2D eigenvalue weighted by atomic mass is 9.85. The second-order valence-corrected chi connectivity index (χ2v) is 9.82. The number of ether oxygens (including phenoxy) is 3. The van der Waals surface area contributed by atoms with Crippen LogP contribution in [0.1, 0.15) is 47.7 Å². The molecule has 1 saturated heterocycles. The van der Waals surface area contributed by atoms with E-state index in [-0.39, 0.29) is 11.7 Å². The van der Waals surface area contributed by atoms with Gasteiger partial charge in [-0.1, -0.05) is 31.2 Å². The molecule has 0 aliphatic carbocycles. The Balaban J connectivity index is 1.49. The van der Waals surface area contributed by atoms with Gasteiger partial charge in [0.05, 0.1) is 20.1 Å². The molecule has 1 fully saturated rings. The van der Waals surface area contributed by atoms with Gasteiger partial charge in [0.15, 0.2) is 5.78 Å². The lowest BCUT2D eigenvalue weighted by Crippen LogP contribution is -2.35. The van der Waals surface area contributed by atoms with Gasteiger partial charge in [0.2, 0.25) is 0 Å². The molecule has 190 valence electrons. The number of nitrogens with zero attached hydrogens (tertiary/aromatic N) is 1. The largest absolute Gasteiger partial charge is 0.497 e. The molecule has 1 aliphatic heterocycles. The van der Waals surface area contributed by atoms with E-state index in [1.165, 1.54) is 6.42 Å². The van der Waals surface area contributed by atoms with Gasteiger partial charge in [0, 0.05) is 18.2 Å². The summed E-state index contributed by atoms with van der Waals surface area (Å²) in [5, 5.41) is 0. The minimum absolute atomic E-state index is 0.0667. The monoisotopic (exact) mass is 487 g/mol. The summed E-state index contributed by atoms with van der Waals surface area (Å²) in [5.74, 6) is 2.78. The van der Waals surface area contributed by atoms with Crippen molar-refractivity contribution in [2.75, 3.05) is 33.9 Å². The minimum Gasteiger partial charge on any atom is -0.497 e. The molecule has 5 heteroatoms. The fourth-order valence-corrected chi connectivity index (χ4v) is 4.86. The van der Waals surface area contributed by atoms with Crippen LogP contribution >= 0.6 is 0 Å². The van der Waals surface area contributed by atoms with Crippen LogP contribution in [0.2, 0.25) is 0 Å². The zero-order valence-electron chi connectivity index (χ0n) is 21.8. The normalized spacial score (nSPS) is 17.4. The van der Waals surface area contributed by atoms with Crippen LogP contribution in [0.3, 0.4) is 0 Å². The van der Waals surface area contributed by atoms with Gasteiger partial charge in [-0.2, -0.15) is 0 Å². The minimum atomic E-state index is -0.351. The number of carbonyl (C=O) groups is 1. The number of rotatable bonds is 11. The van der Waals surface area contributed by atoms with Crippen LogP contribution in [0.4, 0.5) is 0 Å². The Kier molecular flexibility index (Phi) is 8.65. The van der Waals surface area contributed by atoms with Gasteiger partial charge in [-0.05, 0) is 91.9 Å². The van der Waals surface area contributed by atoms with E-state index in [0.717, 1.165) is 47.4 Å². The highest BCUT2D eigenvalue weighted by Gasteiger charge is 2.25. The zero-order chi connectivity index (χ0) is 25.5. The highest BCUT2D eigenvalue weighted by molar-refractivity contribution is 6.01. The van der Waals surface area contributed by atoms with Crippen LogP contribution in [0.25, 0.3) is 0 Å². The molecule has 1 aliphatic rings. The van der Waals surface area contributed by atoms with Crippen molar-refractivity contribution < 1.29 is 19.0 Å². The predicted octanol–water partition coefficient (Wildman–Crippen LogP) is 6.02. The molecule has 3 atom stereocenters. The first kappa shape index (κ1) is 25.8. The lowest BCUT2D eigenvalue weighted by Gasteiger charge is -2.24. The number of hydrogen-bond acceptors (Lipinski definition) is 5. The lowest BCUT2D eigenvalue weighted by molar-refractivity contribution is 0.0958. The summed E-state index contributed by atoms with van der Waals surface area (Å²) in [6.45, 7) is 7.43. The van der Waals surface area contributed by atoms with Crippen molar-refractivity contribution in [3.05, 3.63) is 89.5 Å². The number of carbonyl (C=O) groups excluding carboxylic acids is 1. The zero-order valence-corrected chi connectivity index (χ0v) is 21.8. The summed E-state index contributed by atoms with van der Waals surface area (Å²) in [6.07, 6.45) is 1.82. The third-order valence-electron chi connectivity index (χ3n) is 7.10. The molecule has 0 aromatic heterocycles. The second-order valence-electron chi connectivity index (χ2n) is 9.82. The molecule has 0 spiro atoms. The van der Waals surface area contributed by atoms with E-state index < -0.39 is 0 Å². The molecule has 5 nitrogen and oxygen atoms in total. The van der Waals surface area contributed by atoms with Gasteiger partial charge < -0.3 is 14.2 Å². The summed E-state index contributed by atoms with van der Waals surface area (Å²) in [6, 6.07) is 23.6. The quantitative estimate of drug-likeness (QED) is 0.310. The average molecular weight is 488 g/mol. The van der Waals surface area contributed by atoms with E-state index in [1.54, 1.807) is 14.2 Å². The number of methoxy groups -OCH3 is 2. The molecule has 1 unspecified atom stereocenters. The third kappa shape index (κ3) is 6.46. The Hall–Kier alpha value is -3.31. The first-order valence-corrected chi connectivity index (χ1v) is 12.7. The van der Waals surface area contributed by atoms with Crippen molar-refractivity contribution >= 4 is 5.78 Å². The van der Waals surface area contributed by atoms with Gasteiger partial charge in [-0.3, -0.25) is 9.69 Å². The van der Waals surface area contributed by atoms with Crippen LogP contribution in [-0.4, -0.2) is 50.6 Å². The molecule has 3 aromatic rings. The molecule has 36 heavy (non-hydrogen) atoms. The second kappa shape index (κ2) is 12.1. The molecule has 0 bridgehead atoms. The van der Waals surface area contributed by atoms with E-state index in [4.69, 9.17) is 14.2 Å². The Morgan fingerprint density at radius 3 is 2.31 bits per heavy atom. The maximum absolute atomic E-state index is 13.8. The van der Waals surface area contributed by atoms with Gasteiger partial charge in [0.1, 0.15) is 23.9 Å². The standard InChI is InChI=1S/C31H37NO4/c1-22-15-16-32(20-22)23(2)21-36-27-13-11-25(12-14-27)31(33)30(26-8-6-10-29(19-26)35-4)18-24-7-5-9-28(17-24)34-3/h5-14,17,19,22-23,30H,15-16,18,20-21H2,1-4H3/t22-,23+,30?/m1/s1. The SMILES string of the molecule is COc1cccc(CC(C(=O)c2ccc(OC[C@H](C)N3CC[C@@H](C)C3)cc2)c2cccc(OC)c2)c1. The third-order valence-corrected chi connectivity index (χ3v) is 7.10. The summed E-state index contributed by atoms with van der Waals surface area (Å²) in [5.41, 5.74) is 2.64.